The minimum Gasteiger partial charge on any atom is -0.382 e. The zero-order valence-electron chi connectivity index (χ0n) is 16.0. The van der Waals surface area contributed by atoms with Crippen molar-refractivity contribution in [1.29, 1.82) is 0 Å². The zero-order chi connectivity index (χ0) is 20.6. The van der Waals surface area contributed by atoms with E-state index in [9.17, 15) is 13.2 Å². The number of hydrogen-bond donors (Lipinski definition) is 1. The number of nitrogens with zero attached hydrogens (tertiary/aromatic N) is 1. The predicted molar refractivity (Wildman–Crippen MR) is 111 cm³/mol. The first-order chi connectivity index (χ1) is 13.3. The Morgan fingerprint density at radius 1 is 1.11 bits per heavy atom. The van der Waals surface area contributed by atoms with Gasteiger partial charge in [-0.05, 0) is 56.7 Å². The average Bonchev–Trinajstić information content (AvgIpc) is 2.67. The standard InChI is InChI=1S/C20H25ClN2O4S/c1-3-27-14-4-13-22-20(24)15-23(18-9-5-16(2)6-10-18)28(25,26)19-11-7-17(21)8-12-19/h5-12H,3-4,13-15H2,1-2H3,(H,22,24). The molecule has 0 heterocycles. The molecule has 1 N–H and O–H groups in total. The van der Waals surface area contributed by atoms with E-state index < -0.39 is 10.0 Å². The molecule has 2 rings (SSSR count). The second-order valence-corrected chi connectivity index (χ2v) is 8.50. The minimum absolute atomic E-state index is 0.0709. The molecule has 0 aliphatic carbocycles. The fourth-order valence-electron chi connectivity index (χ4n) is 2.49. The smallest absolute Gasteiger partial charge is 0.264 e. The van der Waals surface area contributed by atoms with Crippen LogP contribution in [0.25, 0.3) is 0 Å². The Morgan fingerprint density at radius 2 is 1.75 bits per heavy atom. The van der Waals surface area contributed by atoms with Crippen LogP contribution >= 0.6 is 11.6 Å². The Labute approximate surface area is 171 Å². The number of amides is 1. The van der Waals surface area contributed by atoms with Gasteiger partial charge in [-0.2, -0.15) is 0 Å². The van der Waals surface area contributed by atoms with Crippen molar-refractivity contribution in [2.24, 2.45) is 0 Å². The highest BCUT2D eigenvalue weighted by Gasteiger charge is 2.27. The summed E-state index contributed by atoms with van der Waals surface area (Å²) in [5, 5.41) is 3.18. The van der Waals surface area contributed by atoms with E-state index in [0.717, 1.165) is 9.87 Å². The molecule has 0 spiro atoms. The van der Waals surface area contributed by atoms with Crippen LogP contribution in [-0.2, 0) is 19.6 Å². The second-order valence-electron chi connectivity index (χ2n) is 6.20. The Kier molecular flexibility index (Phi) is 8.29. The molecule has 2 aromatic carbocycles. The van der Waals surface area contributed by atoms with Gasteiger partial charge in [0.05, 0.1) is 10.6 Å². The van der Waals surface area contributed by atoms with E-state index in [1.165, 1.54) is 24.3 Å². The number of nitrogens with one attached hydrogen (secondary N) is 1. The summed E-state index contributed by atoms with van der Waals surface area (Å²) in [6.07, 6.45) is 0.661. The number of carbonyl (C=O) groups is 1. The van der Waals surface area contributed by atoms with Gasteiger partial charge in [0, 0.05) is 24.8 Å². The molecule has 0 saturated carbocycles. The van der Waals surface area contributed by atoms with Gasteiger partial charge in [0.25, 0.3) is 10.0 Å². The molecule has 0 aromatic heterocycles. The van der Waals surface area contributed by atoms with Crippen LogP contribution in [-0.4, -0.2) is 40.6 Å². The molecule has 0 aliphatic heterocycles. The minimum atomic E-state index is -3.93. The van der Waals surface area contributed by atoms with Crippen LogP contribution in [0.5, 0.6) is 0 Å². The monoisotopic (exact) mass is 424 g/mol. The van der Waals surface area contributed by atoms with Crippen molar-refractivity contribution in [3.05, 3.63) is 59.1 Å². The highest BCUT2D eigenvalue weighted by molar-refractivity contribution is 7.92. The molecule has 1 amide bonds. The maximum atomic E-state index is 13.2. The van der Waals surface area contributed by atoms with Crippen LogP contribution < -0.4 is 9.62 Å². The summed E-state index contributed by atoms with van der Waals surface area (Å²) in [7, 11) is -3.93. The van der Waals surface area contributed by atoms with Crippen molar-refractivity contribution in [3.8, 4) is 0 Å². The lowest BCUT2D eigenvalue weighted by Gasteiger charge is -2.24. The first kappa shape index (κ1) is 22.2. The largest absolute Gasteiger partial charge is 0.382 e. The van der Waals surface area contributed by atoms with E-state index >= 15 is 0 Å². The summed E-state index contributed by atoms with van der Waals surface area (Å²) in [5.74, 6) is -0.380. The number of rotatable bonds is 10. The van der Waals surface area contributed by atoms with E-state index in [0.29, 0.717) is 36.9 Å². The van der Waals surface area contributed by atoms with Crippen LogP contribution in [0.4, 0.5) is 5.69 Å². The van der Waals surface area contributed by atoms with Crippen molar-refractivity contribution >= 4 is 33.2 Å². The van der Waals surface area contributed by atoms with Crippen molar-refractivity contribution in [2.75, 3.05) is 30.6 Å². The number of carbonyl (C=O) groups excluding carboxylic acids is 1. The van der Waals surface area contributed by atoms with Gasteiger partial charge in [-0.3, -0.25) is 9.10 Å². The summed E-state index contributed by atoms with van der Waals surface area (Å²) in [6, 6.07) is 12.9. The van der Waals surface area contributed by atoms with Crippen molar-refractivity contribution in [3.63, 3.8) is 0 Å². The normalized spacial score (nSPS) is 11.2. The van der Waals surface area contributed by atoms with Crippen LogP contribution in [0.3, 0.4) is 0 Å². The summed E-state index contributed by atoms with van der Waals surface area (Å²) in [5.41, 5.74) is 1.41. The molecule has 0 fully saturated rings. The molecule has 2 aromatic rings. The van der Waals surface area contributed by atoms with Gasteiger partial charge in [0.15, 0.2) is 0 Å². The van der Waals surface area contributed by atoms with Gasteiger partial charge in [-0.25, -0.2) is 8.42 Å². The first-order valence-electron chi connectivity index (χ1n) is 9.04. The molecule has 0 bridgehead atoms. The zero-order valence-corrected chi connectivity index (χ0v) is 17.6. The highest BCUT2D eigenvalue weighted by atomic mass is 35.5. The molecule has 28 heavy (non-hydrogen) atoms. The molecule has 6 nitrogen and oxygen atoms in total. The van der Waals surface area contributed by atoms with Gasteiger partial charge in [0.2, 0.25) is 5.91 Å². The highest BCUT2D eigenvalue weighted by Crippen LogP contribution is 2.25. The van der Waals surface area contributed by atoms with E-state index in [-0.39, 0.29) is 17.3 Å². The fraction of sp³-hybridized carbons (Fsp3) is 0.350. The Hall–Kier alpha value is -2.09. The van der Waals surface area contributed by atoms with Gasteiger partial charge < -0.3 is 10.1 Å². The Morgan fingerprint density at radius 3 is 2.36 bits per heavy atom. The number of hydrogen-bond acceptors (Lipinski definition) is 4. The number of aryl methyl sites for hydroxylation is 1. The van der Waals surface area contributed by atoms with E-state index in [1.807, 2.05) is 13.8 Å². The van der Waals surface area contributed by atoms with E-state index in [4.69, 9.17) is 16.3 Å². The molecule has 8 heteroatoms. The van der Waals surface area contributed by atoms with Gasteiger partial charge in [-0.1, -0.05) is 29.3 Å². The van der Waals surface area contributed by atoms with E-state index in [2.05, 4.69) is 5.32 Å². The Balaban J connectivity index is 2.21. The number of ether oxygens (including phenoxy) is 1. The second kappa shape index (κ2) is 10.5. The summed E-state index contributed by atoms with van der Waals surface area (Å²) in [4.78, 5) is 12.5. The molecule has 0 atom stereocenters. The molecule has 0 aliphatic rings. The van der Waals surface area contributed by atoms with Gasteiger partial charge in [0.1, 0.15) is 6.54 Å². The average molecular weight is 425 g/mol. The van der Waals surface area contributed by atoms with Gasteiger partial charge >= 0.3 is 0 Å². The number of sulfonamides is 1. The third kappa shape index (κ3) is 6.22. The van der Waals surface area contributed by atoms with Gasteiger partial charge in [-0.15, -0.1) is 0 Å². The topological polar surface area (TPSA) is 75.7 Å². The lowest BCUT2D eigenvalue weighted by molar-refractivity contribution is -0.119. The number of benzene rings is 2. The predicted octanol–water partition coefficient (Wildman–Crippen LogP) is 3.39. The van der Waals surface area contributed by atoms with Crippen molar-refractivity contribution in [1.82, 2.24) is 5.32 Å². The van der Waals surface area contributed by atoms with Crippen molar-refractivity contribution < 1.29 is 17.9 Å². The van der Waals surface area contributed by atoms with Crippen LogP contribution in [0.15, 0.2) is 53.4 Å². The summed E-state index contributed by atoms with van der Waals surface area (Å²) < 4.78 is 32.7. The molecule has 0 saturated heterocycles. The molecular weight excluding hydrogens is 400 g/mol. The fourth-order valence-corrected chi connectivity index (χ4v) is 4.04. The lowest BCUT2D eigenvalue weighted by atomic mass is 10.2. The van der Waals surface area contributed by atoms with E-state index in [1.54, 1.807) is 24.3 Å². The summed E-state index contributed by atoms with van der Waals surface area (Å²) in [6.45, 7) is 5.08. The quantitative estimate of drug-likeness (QED) is 0.593. The molecule has 0 radical (unpaired) electrons. The summed E-state index contributed by atoms with van der Waals surface area (Å²) >= 11 is 5.87. The third-order valence-electron chi connectivity index (χ3n) is 4.00. The molecule has 0 unspecified atom stereocenters. The van der Waals surface area contributed by atoms with Crippen LogP contribution in [0.2, 0.25) is 5.02 Å². The number of anilines is 1. The maximum absolute atomic E-state index is 13.2. The molecular formula is C20H25ClN2O4S. The maximum Gasteiger partial charge on any atom is 0.264 e. The third-order valence-corrected chi connectivity index (χ3v) is 6.04. The lowest BCUT2D eigenvalue weighted by Crippen LogP contribution is -2.41. The Bertz CT molecular complexity index is 868. The molecule has 152 valence electrons. The van der Waals surface area contributed by atoms with Crippen molar-refractivity contribution in [2.45, 2.75) is 25.2 Å². The van der Waals surface area contributed by atoms with Crippen LogP contribution in [0.1, 0.15) is 18.9 Å². The number of halogens is 1. The first-order valence-corrected chi connectivity index (χ1v) is 10.9. The van der Waals surface area contributed by atoms with Crippen LogP contribution in [0, 0.1) is 6.92 Å². The SMILES string of the molecule is CCOCCCNC(=O)CN(c1ccc(C)cc1)S(=O)(=O)c1ccc(Cl)cc1.